The van der Waals surface area contributed by atoms with E-state index >= 15 is 0 Å². The summed E-state index contributed by atoms with van der Waals surface area (Å²) in [5.41, 5.74) is 2.51. The Balaban J connectivity index is 1.23. The highest BCUT2D eigenvalue weighted by Crippen LogP contribution is 2.54. The molecule has 0 aliphatic heterocycles. The maximum atomic E-state index is 6.57. The highest BCUT2D eigenvalue weighted by atomic mass is 16.7. The molecule has 4 fully saturated rings. The van der Waals surface area contributed by atoms with E-state index < -0.39 is 6.29 Å². The SMILES string of the molecule is CCC(C)c1ccc(OC(COC2C3CC4CC(C3)CC2C4)OCc2ccccc2)cc1. The first-order valence-corrected chi connectivity index (χ1v) is 12.7. The zero-order valence-corrected chi connectivity index (χ0v) is 19.6. The van der Waals surface area contributed by atoms with Crippen LogP contribution in [0.3, 0.4) is 0 Å². The van der Waals surface area contributed by atoms with Crippen molar-refractivity contribution in [2.24, 2.45) is 23.7 Å². The minimum absolute atomic E-state index is 0.391. The largest absolute Gasteiger partial charge is 0.462 e. The fourth-order valence-electron chi connectivity index (χ4n) is 6.48. The van der Waals surface area contributed by atoms with Gasteiger partial charge in [0.25, 0.3) is 0 Å². The van der Waals surface area contributed by atoms with Crippen LogP contribution in [-0.4, -0.2) is 19.0 Å². The van der Waals surface area contributed by atoms with Crippen LogP contribution >= 0.6 is 0 Å². The Morgan fingerprint density at radius 1 is 0.844 bits per heavy atom. The van der Waals surface area contributed by atoms with E-state index in [1.54, 1.807) is 0 Å². The van der Waals surface area contributed by atoms with E-state index in [-0.39, 0.29) is 0 Å². The molecule has 0 aromatic heterocycles. The van der Waals surface area contributed by atoms with Crippen LogP contribution in [0.15, 0.2) is 54.6 Å². The summed E-state index contributed by atoms with van der Waals surface area (Å²) in [6.07, 6.45) is 8.07. The lowest BCUT2D eigenvalue weighted by Crippen LogP contribution is -2.50. The summed E-state index contributed by atoms with van der Waals surface area (Å²) in [5.74, 6) is 4.83. The third-order valence-electron chi connectivity index (χ3n) is 8.17. The summed E-state index contributed by atoms with van der Waals surface area (Å²) in [6.45, 7) is 5.51. The molecular formula is C29H38O3. The average Bonchev–Trinajstić information content (AvgIpc) is 2.82. The zero-order valence-electron chi connectivity index (χ0n) is 19.6. The molecule has 2 aromatic carbocycles. The fourth-order valence-corrected chi connectivity index (χ4v) is 6.48. The number of hydrogen-bond acceptors (Lipinski definition) is 3. The van der Waals surface area contributed by atoms with Gasteiger partial charge in [-0.1, -0.05) is 56.3 Å². The van der Waals surface area contributed by atoms with E-state index in [1.165, 1.54) is 37.7 Å². The van der Waals surface area contributed by atoms with Gasteiger partial charge in [-0.2, -0.15) is 0 Å². The molecule has 4 aliphatic rings. The Hall–Kier alpha value is -1.84. The first-order chi connectivity index (χ1) is 15.7. The molecule has 3 nitrogen and oxygen atoms in total. The van der Waals surface area contributed by atoms with Crippen LogP contribution in [0.2, 0.25) is 0 Å². The molecule has 172 valence electrons. The molecule has 2 atom stereocenters. The molecule has 2 unspecified atom stereocenters. The van der Waals surface area contributed by atoms with Crippen LogP contribution in [0.25, 0.3) is 0 Å². The van der Waals surface area contributed by atoms with E-state index in [4.69, 9.17) is 14.2 Å². The maximum absolute atomic E-state index is 6.57. The molecule has 0 N–H and O–H groups in total. The summed E-state index contributed by atoms with van der Waals surface area (Å²) >= 11 is 0. The Morgan fingerprint density at radius 3 is 2.12 bits per heavy atom. The van der Waals surface area contributed by atoms with Gasteiger partial charge in [-0.15, -0.1) is 0 Å². The van der Waals surface area contributed by atoms with Crippen molar-refractivity contribution in [2.75, 3.05) is 6.61 Å². The molecule has 0 heterocycles. The molecule has 4 aliphatic carbocycles. The average molecular weight is 435 g/mol. The highest BCUT2D eigenvalue weighted by molar-refractivity contribution is 5.29. The molecule has 0 spiro atoms. The Labute approximate surface area is 193 Å². The van der Waals surface area contributed by atoms with E-state index in [0.717, 1.165) is 41.4 Å². The molecule has 0 amide bonds. The fraction of sp³-hybridized carbons (Fsp3) is 0.586. The predicted octanol–water partition coefficient (Wildman–Crippen LogP) is 6.96. The maximum Gasteiger partial charge on any atom is 0.223 e. The van der Waals surface area contributed by atoms with Crippen molar-refractivity contribution in [1.82, 2.24) is 0 Å². The van der Waals surface area contributed by atoms with Gasteiger partial charge in [-0.05, 0) is 91.4 Å². The molecule has 0 saturated heterocycles. The van der Waals surface area contributed by atoms with Gasteiger partial charge >= 0.3 is 0 Å². The number of hydrogen-bond donors (Lipinski definition) is 0. The number of rotatable bonds is 10. The smallest absolute Gasteiger partial charge is 0.223 e. The Morgan fingerprint density at radius 2 is 1.50 bits per heavy atom. The Bertz CT molecular complexity index is 818. The van der Waals surface area contributed by atoms with E-state index in [1.807, 2.05) is 18.2 Å². The topological polar surface area (TPSA) is 27.7 Å². The third-order valence-corrected chi connectivity index (χ3v) is 8.17. The summed E-state index contributed by atoms with van der Waals surface area (Å²) in [7, 11) is 0. The van der Waals surface area contributed by atoms with Gasteiger partial charge in [0, 0.05) is 0 Å². The standard InChI is InChI=1S/C29H38O3/c1-3-20(2)24-9-11-27(12-10-24)32-28(30-18-21-7-5-4-6-8-21)19-31-29-25-14-22-13-23(16-25)17-26(29)15-22/h4-12,20,22-23,25-26,28-29H,3,13-19H2,1-2H3. The molecule has 2 aromatic rings. The van der Waals surface area contributed by atoms with E-state index in [2.05, 4.69) is 50.2 Å². The predicted molar refractivity (Wildman–Crippen MR) is 128 cm³/mol. The van der Waals surface area contributed by atoms with Crippen LogP contribution in [0.1, 0.15) is 69.4 Å². The van der Waals surface area contributed by atoms with Gasteiger partial charge in [0.05, 0.1) is 12.7 Å². The normalized spacial score (nSPS) is 30.2. The van der Waals surface area contributed by atoms with Gasteiger partial charge in [-0.25, -0.2) is 0 Å². The molecule has 32 heavy (non-hydrogen) atoms. The van der Waals surface area contributed by atoms with Gasteiger partial charge in [0.2, 0.25) is 6.29 Å². The summed E-state index contributed by atoms with van der Waals surface area (Å²) < 4.78 is 19.1. The Kier molecular flexibility index (Phi) is 6.85. The summed E-state index contributed by atoms with van der Waals surface area (Å²) in [5, 5.41) is 0. The van der Waals surface area contributed by atoms with Gasteiger partial charge < -0.3 is 14.2 Å². The van der Waals surface area contributed by atoms with Crippen LogP contribution in [0, 0.1) is 23.7 Å². The molecule has 6 rings (SSSR count). The van der Waals surface area contributed by atoms with Crippen molar-refractivity contribution in [3.05, 3.63) is 65.7 Å². The first kappa shape index (κ1) is 22.0. The minimum atomic E-state index is -0.401. The number of ether oxygens (including phenoxy) is 3. The van der Waals surface area contributed by atoms with Gasteiger partial charge in [0.1, 0.15) is 12.4 Å². The lowest BCUT2D eigenvalue weighted by atomic mass is 9.55. The summed E-state index contributed by atoms with van der Waals surface area (Å²) in [4.78, 5) is 0. The quantitative estimate of drug-likeness (QED) is 0.378. The minimum Gasteiger partial charge on any atom is -0.462 e. The second-order valence-corrected chi connectivity index (χ2v) is 10.5. The van der Waals surface area contributed by atoms with Crippen LogP contribution in [0.5, 0.6) is 5.75 Å². The van der Waals surface area contributed by atoms with Crippen molar-refractivity contribution in [1.29, 1.82) is 0 Å². The van der Waals surface area contributed by atoms with Crippen LogP contribution < -0.4 is 4.74 Å². The molecular weight excluding hydrogens is 396 g/mol. The second kappa shape index (κ2) is 9.97. The van der Waals surface area contributed by atoms with Gasteiger partial charge in [-0.3, -0.25) is 0 Å². The van der Waals surface area contributed by atoms with Crippen molar-refractivity contribution in [2.45, 2.75) is 77.3 Å². The van der Waals surface area contributed by atoms with Crippen LogP contribution in [-0.2, 0) is 16.1 Å². The van der Waals surface area contributed by atoms with Crippen LogP contribution in [0.4, 0.5) is 0 Å². The highest BCUT2D eigenvalue weighted by Gasteiger charge is 2.48. The van der Waals surface area contributed by atoms with Crippen molar-refractivity contribution in [3.63, 3.8) is 0 Å². The lowest BCUT2D eigenvalue weighted by Gasteiger charge is -2.54. The molecule has 4 bridgehead atoms. The lowest BCUT2D eigenvalue weighted by molar-refractivity contribution is -0.182. The molecule has 3 heteroatoms. The zero-order chi connectivity index (χ0) is 21.9. The monoisotopic (exact) mass is 434 g/mol. The number of benzene rings is 2. The van der Waals surface area contributed by atoms with Gasteiger partial charge in [0.15, 0.2) is 0 Å². The second-order valence-electron chi connectivity index (χ2n) is 10.5. The molecule has 0 radical (unpaired) electrons. The van der Waals surface area contributed by atoms with Crippen molar-refractivity contribution >= 4 is 0 Å². The first-order valence-electron chi connectivity index (χ1n) is 12.7. The van der Waals surface area contributed by atoms with E-state index in [9.17, 15) is 0 Å². The summed E-state index contributed by atoms with van der Waals surface area (Å²) in [6, 6.07) is 18.8. The van der Waals surface area contributed by atoms with E-state index in [0.29, 0.717) is 25.2 Å². The van der Waals surface area contributed by atoms with Crippen molar-refractivity contribution in [3.8, 4) is 5.75 Å². The molecule has 4 saturated carbocycles. The van der Waals surface area contributed by atoms with Crippen molar-refractivity contribution < 1.29 is 14.2 Å². The third kappa shape index (κ3) is 5.05.